The van der Waals surface area contributed by atoms with Crippen LogP contribution in [-0.4, -0.2) is 35.0 Å². The molecule has 0 spiro atoms. The zero-order valence-corrected chi connectivity index (χ0v) is 11.6. The molecule has 0 aliphatic carbocycles. The van der Waals surface area contributed by atoms with Gasteiger partial charge in [-0.25, -0.2) is 0 Å². The first kappa shape index (κ1) is 15.6. The summed E-state index contributed by atoms with van der Waals surface area (Å²) >= 11 is 0. The maximum absolute atomic E-state index is 12.6. The van der Waals surface area contributed by atoms with Gasteiger partial charge in [0.05, 0.1) is 23.1 Å². The lowest BCUT2D eigenvalue weighted by Crippen LogP contribution is -2.52. The van der Waals surface area contributed by atoms with Crippen LogP contribution in [0.4, 0.5) is 18.9 Å². The quantitative estimate of drug-likeness (QED) is 0.749. The summed E-state index contributed by atoms with van der Waals surface area (Å²) in [5.74, 6) is -1.95. The molecule has 6 nitrogen and oxygen atoms in total. The molecule has 1 atom stereocenters. The molecule has 2 rings (SSSR count). The summed E-state index contributed by atoms with van der Waals surface area (Å²) in [4.78, 5) is 11.4. The maximum atomic E-state index is 12.6. The number of aromatic nitrogens is 2. The van der Waals surface area contributed by atoms with Crippen LogP contribution in [-0.2, 0) is 17.4 Å². The van der Waals surface area contributed by atoms with Crippen LogP contribution >= 0.6 is 0 Å². The van der Waals surface area contributed by atoms with Crippen molar-refractivity contribution < 1.29 is 18.0 Å². The molecule has 0 radical (unpaired) electrons. The molecular weight excluding hydrogens is 287 g/mol. The summed E-state index contributed by atoms with van der Waals surface area (Å²) in [5.41, 5.74) is 5.40. The minimum Gasteiger partial charge on any atom is -0.396 e. The topological polar surface area (TPSA) is 85.0 Å². The Bertz CT molecular complexity index is 498. The van der Waals surface area contributed by atoms with Crippen LogP contribution < -0.4 is 16.4 Å². The highest BCUT2D eigenvalue weighted by atomic mass is 19.4. The van der Waals surface area contributed by atoms with E-state index in [1.807, 2.05) is 0 Å². The second-order valence-corrected chi connectivity index (χ2v) is 5.21. The number of carbonyl (C=O) groups excluding carboxylic acids is 1. The number of anilines is 1. The third-order valence-electron chi connectivity index (χ3n) is 3.72. The van der Waals surface area contributed by atoms with Gasteiger partial charge in [-0.15, -0.1) is 0 Å². The van der Waals surface area contributed by atoms with Crippen molar-refractivity contribution in [3.8, 4) is 0 Å². The number of hydrogen-bond donors (Lipinski definition) is 3. The van der Waals surface area contributed by atoms with E-state index in [2.05, 4.69) is 15.7 Å². The van der Waals surface area contributed by atoms with Gasteiger partial charge in [0.15, 0.2) is 0 Å². The highest BCUT2D eigenvalue weighted by Crippen LogP contribution is 2.35. The van der Waals surface area contributed by atoms with Gasteiger partial charge in [0.25, 0.3) is 0 Å². The molecule has 1 aliphatic rings. The molecule has 9 heteroatoms. The first-order valence-corrected chi connectivity index (χ1v) is 6.64. The van der Waals surface area contributed by atoms with E-state index >= 15 is 0 Å². The molecule has 1 aromatic rings. The number of nitrogens with one attached hydrogen (secondary N) is 2. The third kappa shape index (κ3) is 3.12. The second-order valence-electron chi connectivity index (χ2n) is 5.21. The Balaban J connectivity index is 2.42. The van der Waals surface area contributed by atoms with Crippen molar-refractivity contribution >= 4 is 11.6 Å². The molecule has 1 fully saturated rings. The van der Waals surface area contributed by atoms with Crippen molar-refractivity contribution in [3.05, 3.63) is 11.9 Å². The number of nitrogens with two attached hydrogens (primary N) is 1. The van der Waals surface area contributed by atoms with E-state index in [1.165, 1.54) is 10.9 Å². The average Bonchev–Trinajstić information content (AvgIpc) is 2.61. The number of hydrogen-bond acceptors (Lipinski definition) is 4. The molecule has 0 unspecified atom stereocenters. The summed E-state index contributed by atoms with van der Waals surface area (Å²) in [7, 11) is 1.60. The van der Waals surface area contributed by atoms with Gasteiger partial charge in [-0.3, -0.25) is 9.48 Å². The summed E-state index contributed by atoms with van der Waals surface area (Å²) in [5, 5.41) is 9.24. The fourth-order valence-electron chi connectivity index (χ4n) is 2.82. The number of nitrogen functional groups attached to an aromatic ring is 1. The molecule has 0 saturated carbocycles. The smallest absolute Gasteiger partial charge is 0.396 e. The summed E-state index contributed by atoms with van der Waals surface area (Å²) in [6.45, 7) is 1.17. The molecule has 1 amide bonds. The monoisotopic (exact) mass is 305 g/mol. The Hall–Kier alpha value is -1.77. The Morgan fingerprint density at radius 2 is 2.19 bits per heavy atom. The Labute approximate surface area is 119 Å². The van der Waals surface area contributed by atoms with Crippen LogP contribution in [0.2, 0.25) is 0 Å². The summed E-state index contributed by atoms with van der Waals surface area (Å²) in [6, 6.07) is 0. The number of alkyl halides is 3. The zero-order valence-electron chi connectivity index (χ0n) is 11.6. The first-order chi connectivity index (χ1) is 9.76. The van der Waals surface area contributed by atoms with E-state index in [0.29, 0.717) is 38.0 Å². The first-order valence-electron chi connectivity index (χ1n) is 6.64. The molecular formula is C12H18F3N5O. The van der Waals surface area contributed by atoms with Crippen molar-refractivity contribution in [2.24, 2.45) is 7.05 Å². The van der Waals surface area contributed by atoms with Crippen LogP contribution in [0.15, 0.2) is 6.20 Å². The third-order valence-corrected chi connectivity index (χ3v) is 3.72. The number of halogens is 3. The highest BCUT2D eigenvalue weighted by molar-refractivity contribution is 5.82. The number of aryl methyl sites for hydroxylation is 1. The van der Waals surface area contributed by atoms with Gasteiger partial charge in [0, 0.05) is 7.05 Å². The average molecular weight is 305 g/mol. The molecule has 2 heterocycles. The largest absolute Gasteiger partial charge is 0.471 e. The predicted octanol–water partition coefficient (Wildman–Crippen LogP) is 0.650. The number of carbonyl (C=O) groups is 1. The minimum absolute atomic E-state index is 0.280. The van der Waals surface area contributed by atoms with Crippen molar-refractivity contribution in [3.63, 3.8) is 0 Å². The van der Waals surface area contributed by atoms with Crippen LogP contribution in [0.1, 0.15) is 25.0 Å². The van der Waals surface area contributed by atoms with Crippen molar-refractivity contribution in [1.29, 1.82) is 0 Å². The standard InChI is InChI=1S/C12H18F3N5O/c1-20-9(8(16)7-18-20)11(3-2-5-17-6-4-11)19-10(21)12(13,14)15/h7,17H,2-6,16H2,1H3,(H,19,21)/t11-/m0/s1. The van der Waals surface area contributed by atoms with E-state index in [1.54, 1.807) is 7.05 Å². The van der Waals surface area contributed by atoms with Gasteiger partial charge < -0.3 is 16.4 Å². The van der Waals surface area contributed by atoms with Crippen LogP contribution in [0.25, 0.3) is 0 Å². The Morgan fingerprint density at radius 1 is 1.48 bits per heavy atom. The molecule has 1 aliphatic heterocycles. The Kier molecular flexibility index (Phi) is 4.13. The normalized spacial score (nSPS) is 23.6. The lowest BCUT2D eigenvalue weighted by molar-refractivity contribution is -0.176. The van der Waals surface area contributed by atoms with E-state index in [9.17, 15) is 18.0 Å². The number of nitrogens with zero attached hydrogens (tertiary/aromatic N) is 2. The minimum atomic E-state index is -4.93. The van der Waals surface area contributed by atoms with Crippen LogP contribution in [0, 0.1) is 0 Å². The SMILES string of the molecule is Cn1ncc(N)c1[C@]1(NC(=O)C(F)(F)F)CCCNCC1. The summed E-state index contributed by atoms with van der Waals surface area (Å²) in [6.07, 6.45) is -2.23. The Morgan fingerprint density at radius 3 is 2.76 bits per heavy atom. The van der Waals surface area contributed by atoms with Gasteiger partial charge in [0.1, 0.15) is 0 Å². The number of amides is 1. The molecule has 1 saturated heterocycles. The molecule has 0 bridgehead atoms. The van der Waals surface area contributed by atoms with E-state index in [4.69, 9.17) is 5.73 Å². The van der Waals surface area contributed by atoms with E-state index < -0.39 is 17.6 Å². The lowest BCUT2D eigenvalue weighted by atomic mass is 9.85. The second kappa shape index (κ2) is 5.55. The molecule has 0 aromatic carbocycles. The van der Waals surface area contributed by atoms with Crippen LogP contribution in [0.5, 0.6) is 0 Å². The lowest BCUT2D eigenvalue weighted by Gasteiger charge is -2.34. The van der Waals surface area contributed by atoms with E-state index in [0.717, 1.165) is 0 Å². The molecule has 21 heavy (non-hydrogen) atoms. The zero-order chi connectivity index (χ0) is 15.7. The highest BCUT2D eigenvalue weighted by Gasteiger charge is 2.46. The summed E-state index contributed by atoms with van der Waals surface area (Å²) < 4.78 is 39.3. The van der Waals surface area contributed by atoms with Crippen molar-refractivity contribution in [1.82, 2.24) is 20.4 Å². The predicted molar refractivity (Wildman–Crippen MR) is 70.2 cm³/mol. The fourth-order valence-corrected chi connectivity index (χ4v) is 2.82. The van der Waals surface area contributed by atoms with Crippen molar-refractivity contribution in [2.45, 2.75) is 31.0 Å². The molecule has 118 valence electrons. The van der Waals surface area contributed by atoms with Gasteiger partial charge in [-0.1, -0.05) is 0 Å². The molecule has 4 N–H and O–H groups in total. The van der Waals surface area contributed by atoms with Gasteiger partial charge in [0.2, 0.25) is 0 Å². The molecule has 1 aromatic heterocycles. The van der Waals surface area contributed by atoms with Crippen LogP contribution in [0.3, 0.4) is 0 Å². The van der Waals surface area contributed by atoms with Gasteiger partial charge >= 0.3 is 12.1 Å². The van der Waals surface area contributed by atoms with Crippen molar-refractivity contribution in [2.75, 3.05) is 18.8 Å². The fraction of sp³-hybridized carbons (Fsp3) is 0.667. The van der Waals surface area contributed by atoms with Gasteiger partial charge in [-0.05, 0) is 32.4 Å². The van der Waals surface area contributed by atoms with Gasteiger partial charge in [-0.2, -0.15) is 18.3 Å². The number of rotatable bonds is 2. The van der Waals surface area contributed by atoms with E-state index in [-0.39, 0.29) is 5.69 Å². The maximum Gasteiger partial charge on any atom is 0.471 e.